The third-order valence-electron chi connectivity index (χ3n) is 3.46. The van der Waals surface area contributed by atoms with Crippen LogP contribution in [0, 0.1) is 0 Å². The Bertz CT molecular complexity index is 420. The van der Waals surface area contributed by atoms with E-state index >= 15 is 0 Å². The van der Waals surface area contributed by atoms with E-state index in [-0.39, 0.29) is 5.91 Å². The van der Waals surface area contributed by atoms with E-state index in [2.05, 4.69) is 15.9 Å². The summed E-state index contributed by atoms with van der Waals surface area (Å²) in [5.41, 5.74) is 6.40. The van der Waals surface area contributed by atoms with Gasteiger partial charge in [0.1, 0.15) is 0 Å². The minimum Gasteiger partial charge on any atom is -0.336 e. The maximum Gasteiger partial charge on any atom is 0.254 e. The van der Waals surface area contributed by atoms with Crippen molar-refractivity contribution in [2.45, 2.75) is 31.7 Å². The second-order valence-electron chi connectivity index (χ2n) is 4.74. The molecule has 4 heteroatoms. The lowest BCUT2D eigenvalue weighted by Gasteiger charge is -2.35. The zero-order valence-electron chi connectivity index (χ0n) is 10.4. The molecule has 1 aliphatic rings. The van der Waals surface area contributed by atoms with E-state index in [0.717, 1.165) is 35.8 Å². The highest BCUT2D eigenvalue weighted by molar-refractivity contribution is 9.10. The van der Waals surface area contributed by atoms with Gasteiger partial charge in [-0.3, -0.25) is 4.79 Å². The molecule has 0 aliphatic carbocycles. The minimum absolute atomic E-state index is 0.134. The van der Waals surface area contributed by atoms with Crippen LogP contribution in [0.1, 0.15) is 36.0 Å². The highest BCUT2D eigenvalue weighted by atomic mass is 79.9. The smallest absolute Gasteiger partial charge is 0.254 e. The molecule has 1 saturated heterocycles. The largest absolute Gasteiger partial charge is 0.336 e. The monoisotopic (exact) mass is 310 g/mol. The number of benzene rings is 1. The Morgan fingerprint density at radius 2 is 2.28 bits per heavy atom. The first-order valence-corrected chi connectivity index (χ1v) is 7.28. The first-order chi connectivity index (χ1) is 8.72. The second-order valence-corrected chi connectivity index (χ2v) is 5.65. The summed E-state index contributed by atoms with van der Waals surface area (Å²) in [5.74, 6) is 0.134. The molecule has 98 valence electrons. The fourth-order valence-electron chi connectivity index (χ4n) is 2.55. The first kappa shape index (κ1) is 13.6. The molecule has 0 aromatic heterocycles. The van der Waals surface area contributed by atoms with E-state index in [1.54, 1.807) is 0 Å². The van der Waals surface area contributed by atoms with Gasteiger partial charge >= 0.3 is 0 Å². The number of nitrogens with zero attached hydrogens (tertiary/aromatic N) is 1. The first-order valence-electron chi connectivity index (χ1n) is 6.49. The Kier molecular flexibility index (Phi) is 4.78. The zero-order valence-corrected chi connectivity index (χ0v) is 12.0. The van der Waals surface area contributed by atoms with Gasteiger partial charge in [-0.05, 0) is 50.4 Å². The number of nitrogens with two attached hydrogens (primary N) is 1. The molecule has 1 amide bonds. The number of amides is 1. The predicted octanol–water partition coefficient (Wildman–Crippen LogP) is 2.79. The number of likely N-dealkylation sites (tertiary alicyclic amines) is 1. The maximum absolute atomic E-state index is 12.5. The van der Waals surface area contributed by atoms with Crippen LogP contribution < -0.4 is 5.73 Å². The number of halogens is 1. The molecule has 1 aromatic rings. The van der Waals surface area contributed by atoms with Crippen molar-refractivity contribution in [3.8, 4) is 0 Å². The van der Waals surface area contributed by atoms with Gasteiger partial charge in [-0.25, -0.2) is 0 Å². The Hall–Kier alpha value is -0.870. The van der Waals surface area contributed by atoms with Gasteiger partial charge in [0.2, 0.25) is 0 Å². The number of piperidine rings is 1. The molecule has 1 aromatic carbocycles. The van der Waals surface area contributed by atoms with Gasteiger partial charge in [0.15, 0.2) is 0 Å². The summed E-state index contributed by atoms with van der Waals surface area (Å²) >= 11 is 3.41. The van der Waals surface area contributed by atoms with E-state index in [0.29, 0.717) is 12.6 Å². The maximum atomic E-state index is 12.5. The number of carbonyl (C=O) groups is 1. The summed E-state index contributed by atoms with van der Waals surface area (Å²) in [6.45, 7) is 1.50. The van der Waals surface area contributed by atoms with Crippen molar-refractivity contribution in [2.24, 2.45) is 5.73 Å². The van der Waals surface area contributed by atoms with E-state index < -0.39 is 0 Å². The van der Waals surface area contributed by atoms with Crippen LogP contribution in [-0.4, -0.2) is 29.9 Å². The molecule has 1 fully saturated rings. The third-order valence-corrected chi connectivity index (χ3v) is 3.95. The summed E-state index contributed by atoms with van der Waals surface area (Å²) in [6.07, 6.45) is 4.28. The number of carbonyl (C=O) groups excluding carboxylic acids is 1. The summed E-state index contributed by atoms with van der Waals surface area (Å²) in [4.78, 5) is 14.5. The van der Waals surface area contributed by atoms with Crippen LogP contribution in [0.3, 0.4) is 0 Å². The SMILES string of the molecule is NCCC1CCCCN1C(=O)c1cccc(Br)c1. The summed E-state index contributed by atoms with van der Waals surface area (Å²) in [7, 11) is 0. The number of hydrogen-bond acceptors (Lipinski definition) is 2. The van der Waals surface area contributed by atoms with Crippen LogP contribution in [0.4, 0.5) is 0 Å². The van der Waals surface area contributed by atoms with Crippen LogP contribution >= 0.6 is 15.9 Å². The summed E-state index contributed by atoms with van der Waals surface area (Å²) in [6, 6.07) is 7.91. The molecule has 0 saturated carbocycles. The van der Waals surface area contributed by atoms with Crippen LogP contribution in [0.15, 0.2) is 28.7 Å². The van der Waals surface area contributed by atoms with E-state index in [1.165, 1.54) is 6.42 Å². The van der Waals surface area contributed by atoms with Gasteiger partial charge in [-0.1, -0.05) is 22.0 Å². The van der Waals surface area contributed by atoms with E-state index in [4.69, 9.17) is 5.73 Å². The van der Waals surface area contributed by atoms with Crippen LogP contribution in [0.2, 0.25) is 0 Å². The molecule has 2 N–H and O–H groups in total. The van der Waals surface area contributed by atoms with Gasteiger partial charge < -0.3 is 10.6 Å². The molecule has 0 radical (unpaired) electrons. The average Bonchev–Trinajstić information content (AvgIpc) is 2.39. The third kappa shape index (κ3) is 3.12. The lowest BCUT2D eigenvalue weighted by atomic mass is 9.98. The Morgan fingerprint density at radius 3 is 3.00 bits per heavy atom. The van der Waals surface area contributed by atoms with Crippen LogP contribution in [0.25, 0.3) is 0 Å². The van der Waals surface area contributed by atoms with Crippen molar-refractivity contribution < 1.29 is 4.79 Å². The van der Waals surface area contributed by atoms with Crippen molar-refractivity contribution in [1.82, 2.24) is 4.90 Å². The molecule has 18 heavy (non-hydrogen) atoms. The van der Waals surface area contributed by atoms with Gasteiger partial charge in [0, 0.05) is 22.6 Å². The fourth-order valence-corrected chi connectivity index (χ4v) is 2.95. The summed E-state index contributed by atoms with van der Waals surface area (Å²) in [5, 5.41) is 0. The highest BCUT2D eigenvalue weighted by Gasteiger charge is 2.26. The lowest BCUT2D eigenvalue weighted by Crippen LogP contribution is -2.44. The molecule has 1 heterocycles. The molecule has 1 atom stereocenters. The molecular formula is C14H19BrN2O. The van der Waals surface area contributed by atoms with Crippen LogP contribution in [0.5, 0.6) is 0 Å². The fraction of sp³-hybridized carbons (Fsp3) is 0.500. The minimum atomic E-state index is 0.134. The zero-order chi connectivity index (χ0) is 13.0. The van der Waals surface area contributed by atoms with Crippen molar-refractivity contribution in [3.05, 3.63) is 34.3 Å². The van der Waals surface area contributed by atoms with E-state index in [1.807, 2.05) is 29.2 Å². The molecular weight excluding hydrogens is 292 g/mol. The number of rotatable bonds is 3. The lowest BCUT2D eigenvalue weighted by molar-refractivity contribution is 0.0605. The normalized spacial score (nSPS) is 19.9. The van der Waals surface area contributed by atoms with Gasteiger partial charge in [-0.15, -0.1) is 0 Å². The van der Waals surface area contributed by atoms with Crippen LogP contribution in [-0.2, 0) is 0 Å². The van der Waals surface area contributed by atoms with Gasteiger partial charge in [-0.2, -0.15) is 0 Å². The van der Waals surface area contributed by atoms with Crippen molar-refractivity contribution in [3.63, 3.8) is 0 Å². The summed E-state index contributed by atoms with van der Waals surface area (Å²) < 4.78 is 0.945. The molecule has 1 aliphatic heterocycles. The molecule has 0 bridgehead atoms. The van der Waals surface area contributed by atoms with Crippen molar-refractivity contribution >= 4 is 21.8 Å². The highest BCUT2D eigenvalue weighted by Crippen LogP contribution is 2.22. The van der Waals surface area contributed by atoms with Gasteiger partial charge in [0.05, 0.1) is 0 Å². The average molecular weight is 311 g/mol. The number of hydrogen-bond donors (Lipinski definition) is 1. The Morgan fingerprint density at radius 1 is 1.44 bits per heavy atom. The van der Waals surface area contributed by atoms with Crippen molar-refractivity contribution in [2.75, 3.05) is 13.1 Å². The molecule has 0 spiro atoms. The Labute approximate surface area is 116 Å². The molecule has 1 unspecified atom stereocenters. The predicted molar refractivity (Wildman–Crippen MR) is 76.5 cm³/mol. The van der Waals surface area contributed by atoms with E-state index in [9.17, 15) is 4.79 Å². The standard InChI is InChI=1S/C14H19BrN2O/c15-12-5-3-4-11(10-12)14(18)17-9-2-1-6-13(17)7-8-16/h3-5,10,13H,1-2,6-9,16H2. The molecule has 3 nitrogen and oxygen atoms in total. The topological polar surface area (TPSA) is 46.3 Å². The molecule has 2 rings (SSSR count). The van der Waals surface area contributed by atoms with Crippen molar-refractivity contribution in [1.29, 1.82) is 0 Å². The Balaban J connectivity index is 2.15. The van der Waals surface area contributed by atoms with Gasteiger partial charge in [0.25, 0.3) is 5.91 Å². The quantitative estimate of drug-likeness (QED) is 0.933. The second kappa shape index (κ2) is 6.34.